The summed E-state index contributed by atoms with van der Waals surface area (Å²) in [5.74, 6) is 0.167. The average molecular weight is 287 g/mol. The molecule has 19 heavy (non-hydrogen) atoms. The van der Waals surface area contributed by atoms with Crippen LogP contribution in [0.4, 0.5) is 0 Å². The zero-order valence-corrected chi connectivity index (χ0v) is 11.9. The summed E-state index contributed by atoms with van der Waals surface area (Å²) >= 11 is 3.30. The van der Waals surface area contributed by atoms with Gasteiger partial charge < -0.3 is 5.32 Å². The van der Waals surface area contributed by atoms with Gasteiger partial charge in [0, 0.05) is 34.0 Å². The molecule has 0 saturated carbocycles. The molecular weight excluding hydrogens is 274 g/mol. The van der Waals surface area contributed by atoms with E-state index >= 15 is 0 Å². The van der Waals surface area contributed by atoms with Crippen LogP contribution in [-0.2, 0) is 4.79 Å². The fourth-order valence-corrected chi connectivity index (χ4v) is 3.39. The number of carbonyl (C=O) groups excluding carboxylic acids is 1. The number of nitrogens with one attached hydrogen (secondary N) is 1. The Balaban J connectivity index is 1.87. The van der Waals surface area contributed by atoms with Gasteiger partial charge in [0.15, 0.2) is 5.78 Å². The number of ketones is 1. The second-order valence-electron chi connectivity index (χ2n) is 4.30. The molecule has 0 radical (unpaired) electrons. The van der Waals surface area contributed by atoms with Crippen LogP contribution >= 0.6 is 22.7 Å². The summed E-state index contributed by atoms with van der Waals surface area (Å²) in [6.45, 7) is 1.30. The maximum Gasteiger partial charge on any atom is 0.187 e. The van der Waals surface area contributed by atoms with Crippen LogP contribution in [0.5, 0.6) is 0 Å². The van der Waals surface area contributed by atoms with Crippen molar-refractivity contribution < 1.29 is 4.79 Å². The highest BCUT2D eigenvalue weighted by atomic mass is 32.1. The molecule has 0 aliphatic carbocycles. The van der Waals surface area contributed by atoms with Gasteiger partial charge in [0.1, 0.15) is 0 Å². The molecule has 2 aromatic heterocycles. The van der Waals surface area contributed by atoms with E-state index in [9.17, 15) is 4.79 Å². The van der Waals surface area contributed by atoms with Gasteiger partial charge in [-0.3, -0.25) is 4.79 Å². The highest BCUT2D eigenvalue weighted by Gasteiger charge is 2.20. The summed E-state index contributed by atoms with van der Waals surface area (Å²) in [5.41, 5.74) is 1.69. The maximum absolute atomic E-state index is 12.4. The Bertz CT molecular complexity index is 567. The Hall–Kier alpha value is -1.49. The summed E-state index contributed by atoms with van der Waals surface area (Å²) in [6.07, 6.45) is 3.98. The third-order valence-corrected chi connectivity index (χ3v) is 4.57. The number of Topliss-reactive ketones (excluding diaryl/α,β-unsaturated/α-hetero) is 1. The van der Waals surface area contributed by atoms with Crippen molar-refractivity contribution in [3.8, 4) is 0 Å². The average Bonchev–Trinajstić information content (AvgIpc) is 3.07. The van der Waals surface area contributed by atoms with Gasteiger partial charge in [-0.1, -0.05) is 12.1 Å². The van der Waals surface area contributed by atoms with Crippen LogP contribution in [0.3, 0.4) is 0 Å². The Kier molecular flexibility index (Phi) is 3.73. The highest BCUT2D eigenvalue weighted by molar-refractivity contribution is 7.11. The van der Waals surface area contributed by atoms with E-state index < -0.39 is 0 Å². The van der Waals surface area contributed by atoms with E-state index in [2.05, 4.69) is 5.32 Å². The number of piperidine rings is 1. The molecule has 1 aliphatic rings. The Morgan fingerprint density at radius 1 is 0.947 bits per heavy atom. The van der Waals surface area contributed by atoms with E-state index in [1.54, 1.807) is 22.7 Å². The summed E-state index contributed by atoms with van der Waals surface area (Å²) in [4.78, 5) is 14.7. The van der Waals surface area contributed by atoms with Gasteiger partial charge in [0.25, 0.3) is 0 Å². The fraction of sp³-hybridized carbons (Fsp3) is 0.133. The normalized spacial score (nSPS) is 20.3. The van der Waals surface area contributed by atoms with Crippen LogP contribution in [0.1, 0.15) is 9.75 Å². The molecular formula is C15H13NOS2. The number of hydrogen-bond donors (Lipinski definition) is 1. The molecule has 0 atom stereocenters. The molecule has 0 amide bonds. The van der Waals surface area contributed by atoms with Crippen LogP contribution in [-0.4, -0.2) is 18.9 Å². The molecule has 2 nitrogen and oxygen atoms in total. The molecule has 0 aromatic carbocycles. The second-order valence-corrected chi connectivity index (χ2v) is 6.26. The van der Waals surface area contributed by atoms with Crippen LogP contribution in [0, 0.1) is 0 Å². The number of carbonyl (C=O) groups is 1. The van der Waals surface area contributed by atoms with Crippen LogP contribution < -0.4 is 5.32 Å². The first-order chi connectivity index (χ1) is 9.33. The minimum atomic E-state index is 0.167. The van der Waals surface area contributed by atoms with Crippen molar-refractivity contribution in [2.45, 2.75) is 0 Å². The summed E-state index contributed by atoms with van der Waals surface area (Å²) in [5, 5.41) is 7.34. The van der Waals surface area contributed by atoms with Crippen molar-refractivity contribution in [3.63, 3.8) is 0 Å². The van der Waals surface area contributed by atoms with Gasteiger partial charge >= 0.3 is 0 Å². The summed E-state index contributed by atoms with van der Waals surface area (Å²) in [7, 11) is 0. The molecule has 1 fully saturated rings. The summed E-state index contributed by atoms with van der Waals surface area (Å²) < 4.78 is 0. The third kappa shape index (κ3) is 2.92. The highest BCUT2D eigenvalue weighted by Crippen LogP contribution is 2.20. The van der Waals surface area contributed by atoms with Gasteiger partial charge in [-0.05, 0) is 35.0 Å². The van der Waals surface area contributed by atoms with Crippen molar-refractivity contribution in [3.05, 3.63) is 55.9 Å². The van der Waals surface area contributed by atoms with Crippen molar-refractivity contribution in [1.82, 2.24) is 5.32 Å². The molecule has 1 aliphatic heterocycles. The van der Waals surface area contributed by atoms with Gasteiger partial charge in [0.05, 0.1) is 0 Å². The second kappa shape index (κ2) is 5.65. The molecule has 3 rings (SSSR count). The first kappa shape index (κ1) is 12.5. The first-order valence-corrected chi connectivity index (χ1v) is 7.82. The Morgan fingerprint density at radius 3 is 1.89 bits per heavy atom. The van der Waals surface area contributed by atoms with E-state index in [-0.39, 0.29) is 5.78 Å². The van der Waals surface area contributed by atoms with Crippen molar-refractivity contribution in [2.24, 2.45) is 0 Å². The third-order valence-electron chi connectivity index (χ3n) is 2.93. The monoisotopic (exact) mass is 287 g/mol. The van der Waals surface area contributed by atoms with Crippen molar-refractivity contribution in [2.75, 3.05) is 13.1 Å². The van der Waals surface area contributed by atoms with Crippen molar-refractivity contribution in [1.29, 1.82) is 0 Å². The first-order valence-electron chi connectivity index (χ1n) is 6.06. The van der Waals surface area contributed by atoms with Crippen LogP contribution in [0.2, 0.25) is 0 Å². The van der Waals surface area contributed by atoms with Gasteiger partial charge in [0.2, 0.25) is 0 Å². The standard InChI is InChI=1S/C15H13NOS2/c17-15-11(7-13-3-1-5-18-13)9-16-10-12(15)8-14-4-2-6-19-14/h1-8,16H,9-10H2/b11-7-,12-8+. The van der Waals surface area contributed by atoms with E-state index in [1.807, 2.05) is 47.2 Å². The minimum Gasteiger partial charge on any atom is -0.308 e. The lowest BCUT2D eigenvalue weighted by Crippen LogP contribution is -2.32. The van der Waals surface area contributed by atoms with Crippen LogP contribution in [0.25, 0.3) is 12.2 Å². The zero-order valence-electron chi connectivity index (χ0n) is 10.3. The number of hydrogen-bond acceptors (Lipinski definition) is 4. The number of thiophene rings is 2. The topological polar surface area (TPSA) is 29.1 Å². The fourth-order valence-electron chi connectivity index (χ4n) is 2.02. The predicted octanol–water partition coefficient (Wildman–Crippen LogP) is 3.45. The van der Waals surface area contributed by atoms with E-state index in [0.29, 0.717) is 13.1 Å². The summed E-state index contributed by atoms with van der Waals surface area (Å²) in [6, 6.07) is 8.06. The molecule has 0 spiro atoms. The molecule has 96 valence electrons. The van der Waals surface area contributed by atoms with Gasteiger partial charge in [-0.25, -0.2) is 0 Å². The maximum atomic E-state index is 12.4. The SMILES string of the molecule is O=C1/C(=C\c2cccs2)CNC/C1=C\c1cccs1. The van der Waals surface area contributed by atoms with Gasteiger partial charge in [-0.15, -0.1) is 22.7 Å². The van der Waals surface area contributed by atoms with E-state index in [0.717, 1.165) is 20.9 Å². The lowest BCUT2D eigenvalue weighted by Gasteiger charge is -2.17. The quantitative estimate of drug-likeness (QED) is 0.857. The lowest BCUT2D eigenvalue weighted by molar-refractivity contribution is -0.112. The minimum absolute atomic E-state index is 0.167. The number of rotatable bonds is 2. The molecule has 4 heteroatoms. The molecule has 0 bridgehead atoms. The van der Waals surface area contributed by atoms with Crippen LogP contribution in [0.15, 0.2) is 46.2 Å². The lowest BCUT2D eigenvalue weighted by atomic mass is 9.98. The predicted molar refractivity (Wildman–Crippen MR) is 82.5 cm³/mol. The van der Waals surface area contributed by atoms with Gasteiger partial charge in [-0.2, -0.15) is 0 Å². The molecule has 1 N–H and O–H groups in total. The zero-order chi connectivity index (χ0) is 13.1. The molecule has 0 unspecified atom stereocenters. The Labute approximate surface area is 120 Å². The Morgan fingerprint density at radius 2 is 1.47 bits per heavy atom. The molecule has 1 saturated heterocycles. The molecule has 2 aromatic rings. The van der Waals surface area contributed by atoms with Crippen molar-refractivity contribution >= 4 is 40.6 Å². The van der Waals surface area contributed by atoms with E-state index in [1.165, 1.54) is 0 Å². The smallest absolute Gasteiger partial charge is 0.187 e. The van der Waals surface area contributed by atoms with E-state index in [4.69, 9.17) is 0 Å². The molecule has 3 heterocycles. The largest absolute Gasteiger partial charge is 0.308 e.